The minimum absolute atomic E-state index is 0.0305. The van der Waals surface area contributed by atoms with Gasteiger partial charge in [-0.2, -0.15) is 0 Å². The molecule has 0 aliphatic heterocycles. The number of amides is 2. The van der Waals surface area contributed by atoms with E-state index in [1.165, 1.54) is 0 Å². The van der Waals surface area contributed by atoms with Gasteiger partial charge >= 0.3 is 0 Å². The van der Waals surface area contributed by atoms with E-state index in [9.17, 15) is 9.59 Å². The summed E-state index contributed by atoms with van der Waals surface area (Å²) in [6.07, 6.45) is 1.14. The van der Waals surface area contributed by atoms with Crippen molar-refractivity contribution in [3.05, 3.63) is 71.8 Å². The lowest BCUT2D eigenvalue weighted by atomic mass is 10.0. The van der Waals surface area contributed by atoms with Gasteiger partial charge in [0.1, 0.15) is 6.04 Å². The summed E-state index contributed by atoms with van der Waals surface area (Å²) in [5.41, 5.74) is 1.79. The Balaban J connectivity index is 2.35. The first-order valence-electron chi connectivity index (χ1n) is 9.32. The van der Waals surface area contributed by atoms with Crippen LogP contribution < -0.4 is 5.32 Å². The van der Waals surface area contributed by atoms with Gasteiger partial charge in [0.25, 0.3) is 0 Å². The van der Waals surface area contributed by atoms with Gasteiger partial charge in [-0.25, -0.2) is 0 Å². The van der Waals surface area contributed by atoms with Gasteiger partial charge in [0, 0.05) is 26.6 Å². The number of benzene rings is 2. The smallest absolute Gasteiger partial charge is 0.247 e. The Labute approximate surface area is 161 Å². The molecule has 0 aliphatic carbocycles. The van der Waals surface area contributed by atoms with Crippen LogP contribution >= 0.6 is 0 Å². The fraction of sp³-hybridized carbons (Fsp3) is 0.364. The molecule has 0 unspecified atom stereocenters. The summed E-state index contributed by atoms with van der Waals surface area (Å²) in [5, 5.41) is 2.89. The predicted molar refractivity (Wildman–Crippen MR) is 106 cm³/mol. The number of hydrogen-bond acceptors (Lipinski definition) is 3. The quantitative estimate of drug-likeness (QED) is 0.655. The highest BCUT2D eigenvalue weighted by Crippen LogP contribution is 2.24. The normalized spacial score (nSPS) is 11.6. The Kier molecular flexibility index (Phi) is 8.52. The van der Waals surface area contributed by atoms with E-state index in [1.54, 1.807) is 12.0 Å². The summed E-state index contributed by atoms with van der Waals surface area (Å²) in [7, 11) is 1.59. The number of hydrogen-bond donors (Lipinski definition) is 1. The molecule has 0 fully saturated rings. The van der Waals surface area contributed by atoms with E-state index in [0.29, 0.717) is 26.1 Å². The van der Waals surface area contributed by atoms with E-state index in [0.717, 1.165) is 17.5 Å². The van der Waals surface area contributed by atoms with Crippen LogP contribution in [0.1, 0.15) is 36.9 Å². The van der Waals surface area contributed by atoms with Crippen molar-refractivity contribution >= 4 is 11.8 Å². The molecular formula is C22H28N2O3. The number of rotatable bonds is 10. The van der Waals surface area contributed by atoms with Crippen molar-refractivity contribution in [1.82, 2.24) is 10.2 Å². The minimum Gasteiger partial charge on any atom is -0.383 e. The van der Waals surface area contributed by atoms with E-state index in [4.69, 9.17) is 4.74 Å². The maximum absolute atomic E-state index is 13.0. The number of nitrogens with zero attached hydrogens (tertiary/aromatic N) is 1. The number of methoxy groups -OCH3 is 1. The molecule has 0 saturated carbocycles. The van der Waals surface area contributed by atoms with Crippen LogP contribution in [0.4, 0.5) is 0 Å². The molecule has 0 aliphatic rings. The second-order valence-electron chi connectivity index (χ2n) is 6.35. The lowest BCUT2D eigenvalue weighted by Gasteiger charge is -2.31. The molecule has 1 atom stereocenters. The van der Waals surface area contributed by atoms with Crippen molar-refractivity contribution in [3.8, 4) is 0 Å². The summed E-state index contributed by atoms with van der Waals surface area (Å²) < 4.78 is 5.02. The minimum atomic E-state index is -0.678. The summed E-state index contributed by atoms with van der Waals surface area (Å²) in [4.78, 5) is 27.6. The van der Waals surface area contributed by atoms with Gasteiger partial charge in [-0.05, 0) is 17.5 Å². The van der Waals surface area contributed by atoms with E-state index in [1.807, 2.05) is 67.6 Å². The van der Waals surface area contributed by atoms with Gasteiger partial charge in [0.2, 0.25) is 11.8 Å². The second-order valence-corrected chi connectivity index (χ2v) is 6.35. The van der Waals surface area contributed by atoms with E-state index in [2.05, 4.69) is 5.32 Å². The Bertz CT molecular complexity index is 704. The van der Waals surface area contributed by atoms with Crippen molar-refractivity contribution in [3.63, 3.8) is 0 Å². The molecule has 0 saturated heterocycles. The average Bonchev–Trinajstić information content (AvgIpc) is 2.69. The Morgan fingerprint density at radius 1 is 1.04 bits per heavy atom. The average molecular weight is 368 g/mol. The molecule has 0 bridgehead atoms. The van der Waals surface area contributed by atoms with Gasteiger partial charge in [0.15, 0.2) is 0 Å². The lowest BCUT2D eigenvalue weighted by Crippen LogP contribution is -2.44. The van der Waals surface area contributed by atoms with E-state index < -0.39 is 6.04 Å². The second kappa shape index (κ2) is 11.1. The highest BCUT2D eigenvalue weighted by Gasteiger charge is 2.30. The highest BCUT2D eigenvalue weighted by atomic mass is 16.5. The first-order valence-corrected chi connectivity index (χ1v) is 9.32. The van der Waals surface area contributed by atoms with Crippen LogP contribution in [0.3, 0.4) is 0 Å². The maximum Gasteiger partial charge on any atom is 0.247 e. The molecular weight excluding hydrogens is 340 g/mol. The van der Waals surface area contributed by atoms with Crippen LogP contribution in [-0.4, -0.2) is 37.0 Å². The van der Waals surface area contributed by atoms with Crippen LogP contribution in [0, 0.1) is 0 Å². The third kappa shape index (κ3) is 6.22. The van der Waals surface area contributed by atoms with Crippen LogP contribution in [-0.2, 0) is 20.9 Å². The van der Waals surface area contributed by atoms with Crippen molar-refractivity contribution < 1.29 is 14.3 Å². The number of nitrogens with one attached hydrogen (secondary N) is 1. The zero-order valence-electron chi connectivity index (χ0n) is 16.1. The molecule has 0 aromatic heterocycles. The number of ether oxygens (including phenoxy) is 1. The topological polar surface area (TPSA) is 58.6 Å². The molecule has 2 amide bonds. The Morgan fingerprint density at radius 2 is 1.67 bits per heavy atom. The Hall–Kier alpha value is -2.66. The van der Waals surface area contributed by atoms with Crippen molar-refractivity contribution in [1.29, 1.82) is 0 Å². The molecule has 2 aromatic rings. The molecule has 0 spiro atoms. The third-order valence-corrected chi connectivity index (χ3v) is 4.26. The van der Waals surface area contributed by atoms with E-state index in [-0.39, 0.29) is 11.8 Å². The zero-order valence-corrected chi connectivity index (χ0v) is 16.1. The molecule has 0 heterocycles. The van der Waals surface area contributed by atoms with Crippen molar-refractivity contribution in [2.75, 3.05) is 20.3 Å². The van der Waals surface area contributed by atoms with Gasteiger partial charge in [-0.15, -0.1) is 0 Å². The SMILES string of the molecule is CCCC(=O)N(Cc1ccccc1)[C@@H](C(=O)NCCOC)c1ccccc1. The summed E-state index contributed by atoms with van der Waals surface area (Å²) in [5.74, 6) is -0.226. The summed E-state index contributed by atoms with van der Waals surface area (Å²) in [6, 6.07) is 18.5. The fourth-order valence-electron chi connectivity index (χ4n) is 2.94. The molecule has 5 nitrogen and oxygen atoms in total. The molecule has 27 heavy (non-hydrogen) atoms. The molecule has 2 rings (SSSR count). The highest BCUT2D eigenvalue weighted by molar-refractivity contribution is 5.88. The van der Waals surface area contributed by atoms with Gasteiger partial charge in [-0.1, -0.05) is 67.6 Å². The first kappa shape index (κ1) is 20.6. The Morgan fingerprint density at radius 3 is 2.26 bits per heavy atom. The predicted octanol–water partition coefficient (Wildman–Crippen LogP) is 3.32. The molecule has 0 radical (unpaired) electrons. The summed E-state index contributed by atoms with van der Waals surface area (Å²) in [6.45, 7) is 3.18. The van der Waals surface area contributed by atoms with Crippen LogP contribution in [0.5, 0.6) is 0 Å². The summed E-state index contributed by atoms with van der Waals surface area (Å²) >= 11 is 0. The van der Waals surface area contributed by atoms with Gasteiger partial charge < -0.3 is 15.0 Å². The number of carbonyl (C=O) groups excluding carboxylic acids is 2. The standard InChI is InChI=1S/C22H28N2O3/c1-3-10-20(25)24(17-18-11-6-4-7-12-18)21(19-13-8-5-9-14-19)22(26)23-15-16-27-2/h4-9,11-14,21H,3,10,15-17H2,1-2H3,(H,23,26)/t21-/m1/s1. The lowest BCUT2D eigenvalue weighted by molar-refractivity contribution is -0.141. The van der Waals surface area contributed by atoms with Crippen LogP contribution in [0.15, 0.2) is 60.7 Å². The van der Waals surface area contributed by atoms with Gasteiger partial charge in [-0.3, -0.25) is 9.59 Å². The monoisotopic (exact) mass is 368 g/mol. The van der Waals surface area contributed by atoms with Crippen molar-refractivity contribution in [2.24, 2.45) is 0 Å². The van der Waals surface area contributed by atoms with Crippen LogP contribution in [0.2, 0.25) is 0 Å². The molecule has 2 aromatic carbocycles. The zero-order chi connectivity index (χ0) is 19.5. The van der Waals surface area contributed by atoms with Crippen LogP contribution in [0.25, 0.3) is 0 Å². The first-order chi connectivity index (χ1) is 13.2. The van der Waals surface area contributed by atoms with Gasteiger partial charge in [0.05, 0.1) is 6.61 Å². The third-order valence-electron chi connectivity index (χ3n) is 4.26. The fourth-order valence-corrected chi connectivity index (χ4v) is 2.94. The van der Waals surface area contributed by atoms with Crippen molar-refractivity contribution in [2.45, 2.75) is 32.4 Å². The molecule has 144 valence electrons. The number of carbonyl (C=O) groups is 2. The molecule has 1 N–H and O–H groups in total. The largest absolute Gasteiger partial charge is 0.383 e. The molecule has 5 heteroatoms. The van der Waals surface area contributed by atoms with E-state index >= 15 is 0 Å². The maximum atomic E-state index is 13.0.